The molecule has 0 bridgehead atoms. The van der Waals surface area contributed by atoms with E-state index in [1.165, 1.54) is 18.5 Å². The summed E-state index contributed by atoms with van der Waals surface area (Å²) in [5.41, 5.74) is 0.896. The molecule has 0 saturated carbocycles. The monoisotopic (exact) mass is 266 g/mol. The molecule has 0 radical (unpaired) electrons. The summed E-state index contributed by atoms with van der Waals surface area (Å²) in [6.07, 6.45) is 4.40. The van der Waals surface area contributed by atoms with Gasteiger partial charge in [0, 0.05) is 17.8 Å². The first-order valence-corrected chi connectivity index (χ1v) is 5.94. The molecule has 5 heteroatoms. The molecule has 0 aliphatic carbocycles. The van der Waals surface area contributed by atoms with Gasteiger partial charge in [-0.05, 0) is 24.3 Å². The van der Waals surface area contributed by atoms with Gasteiger partial charge >= 0.3 is 5.97 Å². The number of fused-ring (bicyclic) bond motifs is 1. The van der Waals surface area contributed by atoms with Crippen LogP contribution in [0.3, 0.4) is 0 Å². The highest BCUT2D eigenvalue weighted by Gasteiger charge is 2.07. The molecule has 0 amide bonds. The predicted molar refractivity (Wildman–Crippen MR) is 73.0 cm³/mol. The summed E-state index contributed by atoms with van der Waals surface area (Å²) < 4.78 is 5.72. The number of hydrogen-bond acceptors (Lipinski definition) is 4. The third kappa shape index (κ3) is 2.29. The minimum atomic E-state index is -1.04. The van der Waals surface area contributed by atoms with Gasteiger partial charge < -0.3 is 9.84 Å². The van der Waals surface area contributed by atoms with Crippen LogP contribution in [0.4, 0.5) is 0 Å². The van der Waals surface area contributed by atoms with Gasteiger partial charge in [-0.3, -0.25) is 9.97 Å². The van der Waals surface area contributed by atoms with Crippen molar-refractivity contribution in [3.05, 3.63) is 60.6 Å². The number of nitrogens with zero attached hydrogens (tertiary/aromatic N) is 2. The average Bonchev–Trinajstić information content (AvgIpc) is 2.48. The minimum absolute atomic E-state index is 0.0841. The molecule has 1 aromatic carbocycles. The molecule has 3 aromatic rings. The van der Waals surface area contributed by atoms with Crippen LogP contribution in [0.2, 0.25) is 0 Å². The second kappa shape index (κ2) is 4.97. The van der Waals surface area contributed by atoms with E-state index in [4.69, 9.17) is 9.84 Å². The zero-order valence-electron chi connectivity index (χ0n) is 10.4. The number of rotatable bonds is 3. The van der Waals surface area contributed by atoms with Gasteiger partial charge in [-0.2, -0.15) is 0 Å². The molecule has 0 unspecified atom stereocenters. The summed E-state index contributed by atoms with van der Waals surface area (Å²) in [5.74, 6) is -0.0521. The Kier molecular flexibility index (Phi) is 3.01. The summed E-state index contributed by atoms with van der Waals surface area (Å²) in [4.78, 5) is 19.0. The normalized spacial score (nSPS) is 10.4. The molecule has 5 nitrogen and oxygen atoms in total. The van der Waals surface area contributed by atoms with Gasteiger partial charge in [0.15, 0.2) is 0 Å². The Balaban J connectivity index is 2.01. The predicted octanol–water partition coefficient (Wildman–Crippen LogP) is 3.12. The highest BCUT2D eigenvalue weighted by molar-refractivity contribution is 5.88. The van der Waals surface area contributed by atoms with Crippen LogP contribution in [0, 0.1) is 0 Å². The summed E-state index contributed by atoms with van der Waals surface area (Å²) in [6.45, 7) is 0. The smallest absolute Gasteiger partial charge is 0.337 e. The van der Waals surface area contributed by atoms with Crippen LogP contribution < -0.4 is 4.74 Å². The van der Waals surface area contributed by atoms with E-state index >= 15 is 0 Å². The number of carboxylic acids is 1. The molecule has 0 atom stereocenters. The third-order valence-corrected chi connectivity index (χ3v) is 2.80. The van der Waals surface area contributed by atoms with E-state index < -0.39 is 5.97 Å². The van der Waals surface area contributed by atoms with Crippen LogP contribution in [0.5, 0.6) is 11.5 Å². The van der Waals surface area contributed by atoms with E-state index in [9.17, 15) is 4.79 Å². The molecule has 1 N–H and O–H groups in total. The molecular weight excluding hydrogens is 256 g/mol. The zero-order chi connectivity index (χ0) is 13.9. The summed E-state index contributed by atoms with van der Waals surface area (Å²) in [7, 11) is 0. The topological polar surface area (TPSA) is 72.3 Å². The van der Waals surface area contributed by atoms with Crippen molar-refractivity contribution >= 4 is 16.9 Å². The maximum atomic E-state index is 10.9. The SMILES string of the molecule is O=C(O)c1cncc(Oc2ccnc3ccccc23)c1. The number of aromatic nitrogens is 2. The average molecular weight is 266 g/mol. The Hall–Kier alpha value is -2.95. The van der Waals surface area contributed by atoms with E-state index in [1.54, 1.807) is 12.3 Å². The van der Waals surface area contributed by atoms with E-state index in [2.05, 4.69) is 9.97 Å². The van der Waals surface area contributed by atoms with Crippen molar-refractivity contribution in [2.75, 3.05) is 0 Å². The van der Waals surface area contributed by atoms with Crippen molar-refractivity contribution in [2.24, 2.45) is 0 Å². The van der Waals surface area contributed by atoms with Crippen LogP contribution in [0.1, 0.15) is 10.4 Å². The number of aromatic carboxylic acids is 1. The second-order valence-corrected chi connectivity index (χ2v) is 4.14. The van der Waals surface area contributed by atoms with Crippen molar-refractivity contribution in [3.8, 4) is 11.5 Å². The van der Waals surface area contributed by atoms with Crippen molar-refractivity contribution < 1.29 is 14.6 Å². The van der Waals surface area contributed by atoms with Crippen LogP contribution in [0.25, 0.3) is 10.9 Å². The standard InChI is InChI=1S/C15H10N2O3/c18-15(19)10-7-11(9-16-8-10)20-14-5-6-17-13-4-2-1-3-12(13)14/h1-9H,(H,18,19). The number of para-hydroxylation sites is 1. The van der Waals surface area contributed by atoms with Crippen LogP contribution in [-0.2, 0) is 0 Å². The molecule has 3 rings (SSSR count). The number of pyridine rings is 2. The zero-order valence-corrected chi connectivity index (χ0v) is 10.4. The lowest BCUT2D eigenvalue weighted by Crippen LogP contribution is -1.97. The van der Waals surface area contributed by atoms with E-state index in [-0.39, 0.29) is 5.56 Å². The fraction of sp³-hybridized carbons (Fsp3) is 0. The van der Waals surface area contributed by atoms with Gasteiger partial charge in [0.25, 0.3) is 0 Å². The van der Waals surface area contributed by atoms with E-state index in [0.29, 0.717) is 11.5 Å². The number of carboxylic acid groups (broad SMARTS) is 1. The molecule has 2 aromatic heterocycles. The Morgan fingerprint density at radius 3 is 2.85 bits per heavy atom. The Morgan fingerprint density at radius 2 is 2.00 bits per heavy atom. The minimum Gasteiger partial charge on any atom is -0.478 e. The van der Waals surface area contributed by atoms with Gasteiger partial charge in [-0.15, -0.1) is 0 Å². The number of carbonyl (C=O) groups is 1. The van der Waals surface area contributed by atoms with E-state index in [1.807, 2.05) is 24.3 Å². The van der Waals surface area contributed by atoms with Crippen LogP contribution in [-0.4, -0.2) is 21.0 Å². The number of ether oxygens (including phenoxy) is 1. The van der Waals surface area contributed by atoms with Crippen LogP contribution in [0.15, 0.2) is 55.0 Å². The Labute approximate surface area is 114 Å². The van der Waals surface area contributed by atoms with Gasteiger partial charge in [-0.1, -0.05) is 12.1 Å². The Bertz CT molecular complexity index is 781. The van der Waals surface area contributed by atoms with E-state index in [0.717, 1.165) is 10.9 Å². The molecule has 2 heterocycles. The molecule has 0 saturated heterocycles. The molecule has 20 heavy (non-hydrogen) atoms. The fourth-order valence-corrected chi connectivity index (χ4v) is 1.88. The highest BCUT2D eigenvalue weighted by atomic mass is 16.5. The molecule has 98 valence electrons. The first-order chi connectivity index (χ1) is 9.74. The highest BCUT2D eigenvalue weighted by Crippen LogP contribution is 2.28. The first kappa shape index (κ1) is 12.1. The molecule has 0 aliphatic rings. The lowest BCUT2D eigenvalue weighted by molar-refractivity contribution is 0.0696. The summed E-state index contributed by atoms with van der Waals surface area (Å²) >= 11 is 0. The van der Waals surface area contributed by atoms with Gasteiger partial charge in [0.05, 0.1) is 17.3 Å². The van der Waals surface area contributed by atoms with Crippen molar-refractivity contribution in [1.29, 1.82) is 0 Å². The third-order valence-electron chi connectivity index (χ3n) is 2.80. The second-order valence-electron chi connectivity index (χ2n) is 4.14. The lowest BCUT2D eigenvalue weighted by atomic mass is 10.2. The van der Waals surface area contributed by atoms with Gasteiger partial charge in [0.2, 0.25) is 0 Å². The largest absolute Gasteiger partial charge is 0.478 e. The molecule has 0 spiro atoms. The first-order valence-electron chi connectivity index (χ1n) is 5.94. The summed E-state index contributed by atoms with van der Waals surface area (Å²) in [5, 5.41) is 9.80. The van der Waals surface area contributed by atoms with Crippen molar-refractivity contribution in [2.45, 2.75) is 0 Å². The molecule has 0 fully saturated rings. The van der Waals surface area contributed by atoms with Gasteiger partial charge in [0.1, 0.15) is 11.5 Å². The maximum absolute atomic E-state index is 10.9. The number of benzene rings is 1. The molecule has 0 aliphatic heterocycles. The Morgan fingerprint density at radius 1 is 1.15 bits per heavy atom. The van der Waals surface area contributed by atoms with Crippen molar-refractivity contribution in [3.63, 3.8) is 0 Å². The summed E-state index contributed by atoms with van der Waals surface area (Å²) in [6, 6.07) is 10.7. The quantitative estimate of drug-likeness (QED) is 0.788. The maximum Gasteiger partial charge on any atom is 0.337 e. The fourth-order valence-electron chi connectivity index (χ4n) is 1.88. The lowest BCUT2D eigenvalue weighted by Gasteiger charge is -2.08. The molecular formula is C15H10N2O3. The van der Waals surface area contributed by atoms with Gasteiger partial charge in [-0.25, -0.2) is 4.79 Å². The number of hydrogen-bond donors (Lipinski definition) is 1. The van der Waals surface area contributed by atoms with Crippen LogP contribution >= 0.6 is 0 Å². The van der Waals surface area contributed by atoms with Crippen molar-refractivity contribution in [1.82, 2.24) is 9.97 Å².